The van der Waals surface area contributed by atoms with Crippen LogP contribution in [0.5, 0.6) is 5.88 Å². The van der Waals surface area contributed by atoms with Gasteiger partial charge in [-0.3, -0.25) is 0 Å². The minimum atomic E-state index is -0.385. The summed E-state index contributed by atoms with van der Waals surface area (Å²) in [6.45, 7) is 1.78. The van der Waals surface area contributed by atoms with Crippen molar-refractivity contribution < 1.29 is 9.47 Å². The molecule has 0 saturated carbocycles. The smallest absolute Gasteiger partial charge is 0.216 e. The molecule has 0 bridgehead atoms. The van der Waals surface area contributed by atoms with E-state index >= 15 is 0 Å². The summed E-state index contributed by atoms with van der Waals surface area (Å²) in [5.41, 5.74) is 2.02. The maximum atomic E-state index is 9.14. The van der Waals surface area contributed by atoms with Crippen LogP contribution in [-0.2, 0) is 4.74 Å². The number of aromatic nitrogens is 1. The molecule has 1 atom stereocenters. The molecule has 0 radical (unpaired) electrons. The molecule has 96 valence electrons. The van der Waals surface area contributed by atoms with Crippen LogP contribution in [0.25, 0.3) is 11.3 Å². The molecule has 2 rings (SSSR count). The highest BCUT2D eigenvalue weighted by atomic mass is 16.7. The minimum Gasteiger partial charge on any atom is -0.448 e. The molecule has 1 aromatic heterocycles. The number of hydrogen-bond donors (Lipinski definition) is 0. The van der Waals surface area contributed by atoms with Gasteiger partial charge in [0.15, 0.2) is 6.29 Å². The van der Waals surface area contributed by atoms with E-state index in [0.29, 0.717) is 17.1 Å². The summed E-state index contributed by atoms with van der Waals surface area (Å²) >= 11 is 0. The fourth-order valence-corrected chi connectivity index (χ4v) is 1.63. The molecule has 1 unspecified atom stereocenters. The van der Waals surface area contributed by atoms with Gasteiger partial charge < -0.3 is 9.47 Å². The van der Waals surface area contributed by atoms with Gasteiger partial charge in [0.05, 0.1) is 11.3 Å². The molecule has 0 amide bonds. The first-order valence-corrected chi connectivity index (χ1v) is 5.90. The van der Waals surface area contributed by atoms with Gasteiger partial charge in [0.1, 0.15) is 6.07 Å². The summed E-state index contributed by atoms with van der Waals surface area (Å²) in [6.07, 6.45) is -0.385. The van der Waals surface area contributed by atoms with Crippen molar-refractivity contribution in [1.82, 2.24) is 4.98 Å². The van der Waals surface area contributed by atoms with Crippen molar-refractivity contribution in [3.8, 4) is 23.2 Å². The lowest BCUT2D eigenvalue weighted by Crippen LogP contribution is -2.14. The Morgan fingerprint density at radius 2 is 1.89 bits per heavy atom. The number of pyridine rings is 1. The van der Waals surface area contributed by atoms with E-state index < -0.39 is 0 Å². The summed E-state index contributed by atoms with van der Waals surface area (Å²) in [4.78, 5) is 4.38. The SMILES string of the molecule is COC(C)Oc1ccc(C#N)c(-c2ccccc2)n1. The van der Waals surface area contributed by atoms with Gasteiger partial charge in [-0.25, -0.2) is 4.98 Å². The van der Waals surface area contributed by atoms with E-state index in [-0.39, 0.29) is 6.29 Å². The molecular formula is C15H14N2O2. The molecule has 0 aliphatic rings. The van der Waals surface area contributed by atoms with E-state index in [0.717, 1.165) is 5.56 Å². The van der Waals surface area contributed by atoms with Gasteiger partial charge in [-0.05, 0) is 13.0 Å². The first-order chi connectivity index (χ1) is 9.24. The van der Waals surface area contributed by atoms with Gasteiger partial charge in [0.25, 0.3) is 0 Å². The molecule has 1 aromatic carbocycles. The third kappa shape index (κ3) is 3.09. The Hall–Kier alpha value is -2.38. The van der Waals surface area contributed by atoms with Crippen LogP contribution in [0.15, 0.2) is 42.5 Å². The van der Waals surface area contributed by atoms with Crippen LogP contribution < -0.4 is 4.74 Å². The number of nitriles is 1. The lowest BCUT2D eigenvalue weighted by molar-refractivity contribution is -0.0409. The maximum Gasteiger partial charge on any atom is 0.216 e. The molecule has 4 nitrogen and oxygen atoms in total. The molecule has 0 saturated heterocycles. The number of ether oxygens (including phenoxy) is 2. The third-order valence-corrected chi connectivity index (χ3v) is 2.66. The second kappa shape index (κ2) is 5.98. The zero-order chi connectivity index (χ0) is 13.7. The monoisotopic (exact) mass is 254 g/mol. The summed E-state index contributed by atoms with van der Waals surface area (Å²) in [5, 5.41) is 9.14. The van der Waals surface area contributed by atoms with E-state index in [1.165, 1.54) is 0 Å². The number of rotatable bonds is 4. The molecule has 0 N–H and O–H groups in total. The predicted octanol–water partition coefficient (Wildman–Crippen LogP) is 2.99. The third-order valence-electron chi connectivity index (χ3n) is 2.66. The summed E-state index contributed by atoms with van der Waals surface area (Å²) < 4.78 is 10.5. The number of nitrogens with zero attached hydrogens (tertiary/aromatic N) is 2. The summed E-state index contributed by atoms with van der Waals surface area (Å²) in [5.74, 6) is 0.437. The van der Waals surface area contributed by atoms with Gasteiger partial charge in [0, 0.05) is 18.7 Å². The molecule has 4 heteroatoms. The summed E-state index contributed by atoms with van der Waals surface area (Å²) in [6, 6.07) is 15.1. The van der Waals surface area contributed by atoms with Gasteiger partial charge in [-0.1, -0.05) is 30.3 Å². The predicted molar refractivity (Wildman–Crippen MR) is 71.5 cm³/mol. The van der Waals surface area contributed by atoms with Crippen molar-refractivity contribution in [2.24, 2.45) is 0 Å². The Balaban J connectivity index is 2.41. The second-order valence-electron chi connectivity index (χ2n) is 3.94. The fraction of sp³-hybridized carbons (Fsp3) is 0.200. The lowest BCUT2D eigenvalue weighted by Gasteiger charge is -2.13. The van der Waals surface area contributed by atoms with Gasteiger partial charge in [-0.2, -0.15) is 5.26 Å². The van der Waals surface area contributed by atoms with Gasteiger partial charge >= 0.3 is 0 Å². The van der Waals surface area contributed by atoms with Crippen LogP contribution in [0.4, 0.5) is 0 Å². The molecule has 0 spiro atoms. The quantitative estimate of drug-likeness (QED) is 0.787. The zero-order valence-electron chi connectivity index (χ0n) is 10.8. The second-order valence-corrected chi connectivity index (χ2v) is 3.94. The average molecular weight is 254 g/mol. The lowest BCUT2D eigenvalue weighted by atomic mass is 10.1. The van der Waals surface area contributed by atoms with E-state index in [2.05, 4.69) is 11.1 Å². The van der Waals surface area contributed by atoms with Gasteiger partial charge in [-0.15, -0.1) is 0 Å². The van der Waals surface area contributed by atoms with Crippen molar-refractivity contribution in [3.63, 3.8) is 0 Å². The molecule has 0 fully saturated rings. The topological polar surface area (TPSA) is 55.1 Å². The molecule has 0 aliphatic heterocycles. The van der Waals surface area contributed by atoms with E-state index in [1.807, 2.05) is 30.3 Å². The Bertz CT molecular complexity index is 591. The van der Waals surface area contributed by atoms with Crippen molar-refractivity contribution in [2.45, 2.75) is 13.2 Å². The van der Waals surface area contributed by atoms with E-state index in [1.54, 1.807) is 26.2 Å². The Morgan fingerprint density at radius 1 is 1.16 bits per heavy atom. The highest BCUT2D eigenvalue weighted by Gasteiger charge is 2.10. The van der Waals surface area contributed by atoms with Crippen LogP contribution >= 0.6 is 0 Å². The number of methoxy groups -OCH3 is 1. The minimum absolute atomic E-state index is 0.385. The first-order valence-electron chi connectivity index (χ1n) is 5.90. The van der Waals surface area contributed by atoms with Crippen molar-refractivity contribution in [1.29, 1.82) is 5.26 Å². The fourth-order valence-electron chi connectivity index (χ4n) is 1.63. The van der Waals surface area contributed by atoms with E-state index in [9.17, 15) is 0 Å². The van der Waals surface area contributed by atoms with Gasteiger partial charge in [0.2, 0.25) is 5.88 Å². The van der Waals surface area contributed by atoms with Crippen LogP contribution in [0, 0.1) is 11.3 Å². The standard InChI is InChI=1S/C15H14N2O2/c1-11(18-2)19-14-9-8-13(10-16)15(17-14)12-6-4-3-5-7-12/h3-9,11H,1-2H3. The Labute approximate surface area is 112 Å². The number of hydrogen-bond acceptors (Lipinski definition) is 4. The normalized spacial score (nSPS) is 11.6. The van der Waals surface area contributed by atoms with E-state index in [4.69, 9.17) is 14.7 Å². The average Bonchev–Trinajstić information content (AvgIpc) is 2.48. The van der Waals surface area contributed by atoms with Crippen LogP contribution in [-0.4, -0.2) is 18.4 Å². The molecule has 19 heavy (non-hydrogen) atoms. The first kappa shape index (κ1) is 13.1. The molecule has 0 aliphatic carbocycles. The van der Waals surface area contributed by atoms with Crippen molar-refractivity contribution in [3.05, 3.63) is 48.0 Å². The van der Waals surface area contributed by atoms with Crippen LogP contribution in [0.2, 0.25) is 0 Å². The molecule has 2 aromatic rings. The van der Waals surface area contributed by atoms with Crippen molar-refractivity contribution >= 4 is 0 Å². The summed E-state index contributed by atoms with van der Waals surface area (Å²) in [7, 11) is 1.56. The highest BCUT2D eigenvalue weighted by Crippen LogP contribution is 2.24. The molecule has 1 heterocycles. The maximum absolute atomic E-state index is 9.14. The number of benzene rings is 1. The van der Waals surface area contributed by atoms with Crippen molar-refractivity contribution in [2.75, 3.05) is 7.11 Å². The highest BCUT2D eigenvalue weighted by molar-refractivity contribution is 5.66. The molecular weight excluding hydrogens is 240 g/mol. The zero-order valence-corrected chi connectivity index (χ0v) is 10.8. The Morgan fingerprint density at radius 3 is 2.53 bits per heavy atom. The Kier molecular flexibility index (Phi) is 4.11. The largest absolute Gasteiger partial charge is 0.448 e. The van der Waals surface area contributed by atoms with Crippen LogP contribution in [0.3, 0.4) is 0 Å². The van der Waals surface area contributed by atoms with Crippen LogP contribution in [0.1, 0.15) is 12.5 Å².